The van der Waals surface area contributed by atoms with Crippen LogP contribution in [0.3, 0.4) is 0 Å². The van der Waals surface area contributed by atoms with Crippen molar-refractivity contribution in [3.8, 4) is 0 Å². The van der Waals surface area contributed by atoms with Gasteiger partial charge < -0.3 is 20.2 Å². The van der Waals surface area contributed by atoms with Gasteiger partial charge in [0.2, 0.25) is 0 Å². The number of aryl methyl sites for hydroxylation is 1. The lowest BCUT2D eigenvalue weighted by molar-refractivity contribution is 0.0697. The number of rotatable bonds is 4. The molecule has 0 aliphatic rings. The van der Waals surface area contributed by atoms with Crippen LogP contribution in [-0.2, 0) is 6.54 Å². The molecule has 0 saturated carbocycles. The summed E-state index contributed by atoms with van der Waals surface area (Å²) in [4.78, 5) is 10.9. The molecule has 5 nitrogen and oxygen atoms in total. The zero-order chi connectivity index (χ0) is 14.5. The molecular weight excluding hydrogens is 276 g/mol. The number of carboxylic acids is 1. The Balaban J connectivity index is 1.95. The maximum absolute atomic E-state index is 10.9. The highest BCUT2D eigenvalue weighted by molar-refractivity contribution is 7.80. The summed E-state index contributed by atoms with van der Waals surface area (Å²) in [7, 11) is 0. The Kier molecular flexibility index (Phi) is 4.37. The van der Waals surface area contributed by atoms with E-state index in [1.54, 1.807) is 18.4 Å². The number of hydrogen-bond acceptors (Lipinski definition) is 3. The average molecular weight is 290 g/mol. The highest BCUT2D eigenvalue weighted by Gasteiger charge is 2.07. The summed E-state index contributed by atoms with van der Waals surface area (Å²) in [5.41, 5.74) is 1.83. The normalized spacial score (nSPS) is 10.1. The second-order valence-electron chi connectivity index (χ2n) is 4.22. The van der Waals surface area contributed by atoms with Crippen LogP contribution in [0.25, 0.3) is 0 Å². The van der Waals surface area contributed by atoms with Gasteiger partial charge in [0.25, 0.3) is 0 Å². The van der Waals surface area contributed by atoms with Gasteiger partial charge in [0.15, 0.2) is 5.11 Å². The lowest BCUT2D eigenvalue weighted by atomic mass is 10.1. The Morgan fingerprint density at radius 2 is 2.20 bits per heavy atom. The van der Waals surface area contributed by atoms with Gasteiger partial charge in [-0.2, -0.15) is 0 Å². The van der Waals surface area contributed by atoms with Gasteiger partial charge >= 0.3 is 5.97 Å². The van der Waals surface area contributed by atoms with E-state index in [4.69, 9.17) is 21.7 Å². The topological polar surface area (TPSA) is 74.5 Å². The molecule has 1 aromatic carbocycles. The number of aromatic carboxylic acids is 1. The van der Waals surface area contributed by atoms with E-state index in [2.05, 4.69) is 10.6 Å². The van der Waals surface area contributed by atoms with Crippen LogP contribution in [0.1, 0.15) is 21.7 Å². The fourth-order valence-electron chi connectivity index (χ4n) is 1.68. The molecule has 0 atom stereocenters. The number of carbonyl (C=O) groups is 1. The van der Waals surface area contributed by atoms with Crippen molar-refractivity contribution in [3.63, 3.8) is 0 Å². The van der Waals surface area contributed by atoms with Crippen LogP contribution in [-0.4, -0.2) is 16.2 Å². The van der Waals surface area contributed by atoms with Gasteiger partial charge in [-0.15, -0.1) is 0 Å². The molecule has 0 aliphatic carbocycles. The molecular formula is C14H14N2O3S. The summed E-state index contributed by atoms with van der Waals surface area (Å²) >= 11 is 5.17. The lowest BCUT2D eigenvalue weighted by Gasteiger charge is -2.12. The molecule has 1 aromatic heterocycles. The van der Waals surface area contributed by atoms with E-state index in [1.807, 2.05) is 19.1 Å². The van der Waals surface area contributed by atoms with Crippen LogP contribution in [0.4, 0.5) is 5.69 Å². The van der Waals surface area contributed by atoms with Crippen LogP contribution in [0, 0.1) is 6.92 Å². The van der Waals surface area contributed by atoms with Crippen molar-refractivity contribution in [1.29, 1.82) is 0 Å². The Labute approximate surface area is 121 Å². The average Bonchev–Trinajstić information content (AvgIpc) is 2.91. The van der Waals surface area contributed by atoms with Gasteiger partial charge in [0.05, 0.1) is 18.4 Å². The number of nitrogens with one attached hydrogen (secondary N) is 2. The minimum Gasteiger partial charge on any atom is -0.478 e. The summed E-state index contributed by atoms with van der Waals surface area (Å²) in [5.74, 6) is -0.162. The van der Waals surface area contributed by atoms with Crippen molar-refractivity contribution in [2.24, 2.45) is 0 Å². The minimum absolute atomic E-state index is 0.252. The standard InChI is InChI=1S/C14H14N2O3S/c1-9-7-10(13(17)18)4-5-12(9)16-14(20)15-8-11-3-2-6-19-11/h2-7H,8H2,1H3,(H,17,18)(H2,15,16,20). The molecule has 0 fully saturated rings. The van der Waals surface area contributed by atoms with Gasteiger partial charge in [0, 0.05) is 5.69 Å². The van der Waals surface area contributed by atoms with Crippen molar-refractivity contribution in [2.75, 3.05) is 5.32 Å². The first-order valence-electron chi connectivity index (χ1n) is 5.97. The molecule has 0 bridgehead atoms. The summed E-state index contributed by atoms with van der Waals surface area (Å²) in [6, 6.07) is 8.48. The van der Waals surface area contributed by atoms with Crippen LogP contribution in [0.15, 0.2) is 41.0 Å². The van der Waals surface area contributed by atoms with Crippen LogP contribution >= 0.6 is 12.2 Å². The second kappa shape index (κ2) is 6.21. The molecule has 104 valence electrons. The fourth-order valence-corrected chi connectivity index (χ4v) is 1.87. The van der Waals surface area contributed by atoms with Crippen molar-refractivity contribution in [1.82, 2.24) is 5.32 Å². The zero-order valence-electron chi connectivity index (χ0n) is 10.8. The Hall–Kier alpha value is -2.34. The molecule has 3 N–H and O–H groups in total. The molecule has 6 heteroatoms. The molecule has 2 rings (SSSR count). The van der Waals surface area contributed by atoms with Crippen molar-refractivity contribution in [3.05, 3.63) is 53.5 Å². The Bertz CT molecular complexity index is 623. The third-order valence-electron chi connectivity index (χ3n) is 2.72. The molecule has 0 radical (unpaired) electrons. The molecule has 0 aliphatic heterocycles. The number of benzene rings is 1. The van der Waals surface area contributed by atoms with Gasteiger partial charge in [-0.05, 0) is 55.0 Å². The number of hydrogen-bond donors (Lipinski definition) is 3. The smallest absolute Gasteiger partial charge is 0.335 e. The fraction of sp³-hybridized carbons (Fsp3) is 0.143. The third kappa shape index (κ3) is 3.58. The first-order valence-corrected chi connectivity index (χ1v) is 6.38. The van der Waals surface area contributed by atoms with Gasteiger partial charge in [-0.3, -0.25) is 0 Å². The van der Waals surface area contributed by atoms with E-state index in [0.717, 1.165) is 17.0 Å². The maximum atomic E-state index is 10.9. The van der Waals surface area contributed by atoms with Gasteiger partial charge in [0.1, 0.15) is 5.76 Å². The van der Waals surface area contributed by atoms with Crippen molar-refractivity contribution >= 4 is 29.0 Å². The molecule has 0 amide bonds. The summed E-state index contributed by atoms with van der Waals surface area (Å²) in [5, 5.41) is 15.4. The molecule has 0 saturated heterocycles. The van der Waals surface area contributed by atoms with E-state index in [0.29, 0.717) is 11.7 Å². The van der Waals surface area contributed by atoms with E-state index in [-0.39, 0.29) is 5.56 Å². The quantitative estimate of drug-likeness (QED) is 0.752. The Morgan fingerprint density at radius 3 is 2.80 bits per heavy atom. The summed E-state index contributed by atoms with van der Waals surface area (Å²) in [6.07, 6.45) is 1.60. The predicted molar refractivity (Wildman–Crippen MR) is 79.9 cm³/mol. The van der Waals surface area contributed by atoms with E-state index < -0.39 is 5.97 Å². The molecule has 20 heavy (non-hydrogen) atoms. The number of anilines is 1. The van der Waals surface area contributed by atoms with Crippen LogP contribution in [0.5, 0.6) is 0 Å². The van der Waals surface area contributed by atoms with Crippen molar-refractivity contribution in [2.45, 2.75) is 13.5 Å². The van der Waals surface area contributed by atoms with E-state index >= 15 is 0 Å². The molecule has 2 aromatic rings. The van der Waals surface area contributed by atoms with Crippen LogP contribution < -0.4 is 10.6 Å². The molecule has 1 heterocycles. The maximum Gasteiger partial charge on any atom is 0.335 e. The monoisotopic (exact) mass is 290 g/mol. The highest BCUT2D eigenvalue weighted by atomic mass is 32.1. The number of carboxylic acid groups (broad SMARTS) is 1. The predicted octanol–water partition coefficient (Wildman–Crippen LogP) is 2.77. The van der Waals surface area contributed by atoms with Gasteiger partial charge in [-0.25, -0.2) is 4.79 Å². The zero-order valence-corrected chi connectivity index (χ0v) is 11.7. The largest absolute Gasteiger partial charge is 0.478 e. The molecule has 0 unspecified atom stereocenters. The highest BCUT2D eigenvalue weighted by Crippen LogP contribution is 2.16. The third-order valence-corrected chi connectivity index (χ3v) is 2.97. The van der Waals surface area contributed by atoms with Crippen molar-refractivity contribution < 1.29 is 14.3 Å². The lowest BCUT2D eigenvalue weighted by Crippen LogP contribution is -2.28. The van der Waals surface area contributed by atoms with Gasteiger partial charge in [-0.1, -0.05) is 0 Å². The first kappa shape index (κ1) is 14.1. The van der Waals surface area contributed by atoms with Crippen LogP contribution in [0.2, 0.25) is 0 Å². The SMILES string of the molecule is Cc1cc(C(=O)O)ccc1NC(=S)NCc1ccco1. The number of thiocarbonyl (C=S) groups is 1. The minimum atomic E-state index is -0.946. The second-order valence-corrected chi connectivity index (χ2v) is 4.63. The number of furan rings is 1. The Morgan fingerprint density at radius 1 is 1.40 bits per heavy atom. The summed E-state index contributed by atoms with van der Waals surface area (Å²) in [6.45, 7) is 2.31. The van der Waals surface area contributed by atoms with E-state index in [9.17, 15) is 4.79 Å². The van der Waals surface area contributed by atoms with E-state index in [1.165, 1.54) is 6.07 Å². The molecule has 0 spiro atoms. The summed E-state index contributed by atoms with van der Waals surface area (Å²) < 4.78 is 5.18. The first-order chi connectivity index (χ1) is 9.56.